The third-order valence-electron chi connectivity index (χ3n) is 12.8. The number of aromatic nitrogens is 2. The van der Waals surface area contributed by atoms with E-state index in [2.05, 4.69) is 224 Å². The predicted octanol–water partition coefficient (Wildman–Crippen LogP) is 15.0. The molecule has 0 amide bonds. The van der Waals surface area contributed by atoms with Gasteiger partial charge in [0.1, 0.15) is 0 Å². The molecule has 0 atom stereocenters. The minimum absolute atomic E-state index is 0.538. The van der Waals surface area contributed by atoms with E-state index in [1.807, 2.05) is 6.07 Å². The third-order valence-corrected chi connectivity index (χ3v) is 12.8. The topological polar surface area (TPSA) is 25.8 Å². The van der Waals surface area contributed by atoms with Crippen molar-refractivity contribution in [3.63, 3.8) is 0 Å². The Morgan fingerprint density at radius 3 is 1.54 bits per heavy atom. The van der Waals surface area contributed by atoms with Gasteiger partial charge in [0.05, 0.1) is 16.8 Å². The first kappa shape index (κ1) is 35.0. The van der Waals surface area contributed by atoms with E-state index in [1.165, 1.54) is 66.1 Å². The monoisotopic (exact) mass is 774 g/mol. The number of fused-ring (bicyclic) bond motifs is 7. The normalized spacial score (nSPS) is 12.7. The van der Waals surface area contributed by atoms with Gasteiger partial charge in [-0.2, -0.15) is 0 Å². The summed E-state index contributed by atoms with van der Waals surface area (Å²) < 4.78 is 0. The maximum atomic E-state index is 5.37. The molecule has 1 aliphatic rings. The van der Waals surface area contributed by atoms with Gasteiger partial charge < -0.3 is 0 Å². The first-order valence-corrected chi connectivity index (χ1v) is 21.0. The predicted molar refractivity (Wildman–Crippen MR) is 254 cm³/mol. The molecule has 0 aliphatic heterocycles. The summed E-state index contributed by atoms with van der Waals surface area (Å²) in [7, 11) is 0. The van der Waals surface area contributed by atoms with Gasteiger partial charge in [0.2, 0.25) is 0 Å². The van der Waals surface area contributed by atoms with E-state index in [9.17, 15) is 0 Å². The van der Waals surface area contributed by atoms with Gasteiger partial charge in [0.25, 0.3) is 0 Å². The fourth-order valence-corrected chi connectivity index (χ4v) is 10.1. The molecule has 0 bridgehead atoms. The van der Waals surface area contributed by atoms with Crippen LogP contribution in [0, 0.1) is 0 Å². The summed E-state index contributed by atoms with van der Waals surface area (Å²) in [6, 6.07) is 83.6. The Labute approximate surface area is 355 Å². The Bertz CT molecular complexity index is 3420. The zero-order valence-electron chi connectivity index (χ0n) is 33.3. The minimum atomic E-state index is -0.538. The molecular formula is C59H38N2. The smallest absolute Gasteiger partial charge is 0.161 e. The van der Waals surface area contributed by atoms with Crippen molar-refractivity contribution < 1.29 is 0 Å². The van der Waals surface area contributed by atoms with Gasteiger partial charge >= 0.3 is 0 Å². The van der Waals surface area contributed by atoms with Crippen LogP contribution in [0.4, 0.5) is 0 Å². The van der Waals surface area contributed by atoms with E-state index >= 15 is 0 Å². The van der Waals surface area contributed by atoms with Crippen LogP contribution in [0.25, 0.3) is 88.5 Å². The highest BCUT2D eigenvalue weighted by Gasteiger charge is 2.47. The van der Waals surface area contributed by atoms with E-state index in [4.69, 9.17) is 9.97 Å². The fourth-order valence-electron chi connectivity index (χ4n) is 10.1. The van der Waals surface area contributed by atoms with Crippen molar-refractivity contribution in [1.82, 2.24) is 9.97 Å². The van der Waals surface area contributed by atoms with Crippen LogP contribution in [0.3, 0.4) is 0 Å². The van der Waals surface area contributed by atoms with Crippen LogP contribution in [0.1, 0.15) is 22.3 Å². The highest BCUT2D eigenvalue weighted by atomic mass is 14.9. The van der Waals surface area contributed by atoms with Gasteiger partial charge in [-0.3, -0.25) is 0 Å². The first-order chi connectivity index (χ1) is 30.3. The quantitative estimate of drug-likeness (QED) is 0.168. The maximum absolute atomic E-state index is 5.37. The van der Waals surface area contributed by atoms with E-state index in [-0.39, 0.29) is 0 Å². The molecule has 284 valence electrons. The molecular weight excluding hydrogens is 737 g/mol. The number of rotatable bonds is 6. The van der Waals surface area contributed by atoms with Crippen LogP contribution < -0.4 is 0 Å². The third kappa shape index (κ3) is 5.50. The average Bonchev–Trinajstić information content (AvgIpc) is 3.65. The highest BCUT2D eigenvalue weighted by molar-refractivity contribution is 6.06. The molecule has 11 aromatic rings. The van der Waals surface area contributed by atoms with E-state index in [0.717, 1.165) is 38.9 Å². The van der Waals surface area contributed by atoms with Gasteiger partial charge in [-0.1, -0.05) is 212 Å². The van der Waals surface area contributed by atoms with Crippen LogP contribution in [-0.4, -0.2) is 9.97 Å². The molecule has 10 aromatic carbocycles. The first-order valence-electron chi connectivity index (χ1n) is 21.0. The van der Waals surface area contributed by atoms with Gasteiger partial charge in [-0.05, 0) is 95.0 Å². The van der Waals surface area contributed by atoms with E-state index in [0.29, 0.717) is 5.82 Å². The number of hydrogen-bond donors (Lipinski definition) is 0. The van der Waals surface area contributed by atoms with Crippen LogP contribution in [0.2, 0.25) is 0 Å². The lowest BCUT2D eigenvalue weighted by molar-refractivity contribution is 0.776. The van der Waals surface area contributed by atoms with Crippen LogP contribution in [-0.2, 0) is 5.41 Å². The second-order valence-corrected chi connectivity index (χ2v) is 16.0. The van der Waals surface area contributed by atoms with Crippen molar-refractivity contribution in [3.05, 3.63) is 253 Å². The maximum Gasteiger partial charge on any atom is 0.161 e. The summed E-state index contributed by atoms with van der Waals surface area (Å²) >= 11 is 0. The zero-order chi connectivity index (χ0) is 40.3. The molecule has 0 fully saturated rings. The van der Waals surface area contributed by atoms with Crippen molar-refractivity contribution in [2.45, 2.75) is 5.41 Å². The Morgan fingerprint density at radius 2 is 0.820 bits per heavy atom. The van der Waals surface area contributed by atoms with Crippen LogP contribution in [0.15, 0.2) is 231 Å². The molecule has 0 saturated heterocycles. The largest absolute Gasteiger partial charge is 0.228 e. The van der Waals surface area contributed by atoms with Gasteiger partial charge in [-0.15, -0.1) is 0 Å². The Hall–Kier alpha value is -7.94. The lowest BCUT2D eigenvalue weighted by Gasteiger charge is -2.35. The van der Waals surface area contributed by atoms with Crippen molar-refractivity contribution in [2.24, 2.45) is 0 Å². The van der Waals surface area contributed by atoms with Crippen molar-refractivity contribution in [3.8, 4) is 56.2 Å². The van der Waals surface area contributed by atoms with Gasteiger partial charge in [-0.25, -0.2) is 9.97 Å². The summed E-state index contributed by atoms with van der Waals surface area (Å²) in [6.07, 6.45) is 0. The number of benzene rings is 10. The van der Waals surface area contributed by atoms with Crippen molar-refractivity contribution >= 4 is 32.3 Å². The number of hydrogen-bond acceptors (Lipinski definition) is 2. The number of nitrogens with zero attached hydrogens (tertiary/aromatic N) is 2. The van der Waals surface area contributed by atoms with Crippen LogP contribution in [0.5, 0.6) is 0 Å². The molecule has 0 N–H and O–H groups in total. The molecule has 1 aromatic heterocycles. The van der Waals surface area contributed by atoms with Gasteiger partial charge in [0, 0.05) is 16.7 Å². The highest BCUT2D eigenvalue weighted by Crippen LogP contribution is 2.59. The standard InChI is InChI=1S/C59H38N2/c1-4-19-41(20-5-1)55-38-56(51-30-16-21-39-17-10-12-26-45(39)51)61-58(60-55)53-36-35-46(48-28-14-15-29-49(48)53)42-32-33-50-52-34-31-40-18-11-13-27-47(40)57(52)59(54(50)37-42,43-22-6-2-7-23-43)44-24-8-3-9-25-44/h1-38H. The Balaban J connectivity index is 1.09. The Kier molecular flexibility index (Phi) is 8.11. The molecule has 2 nitrogen and oxygen atoms in total. The molecule has 61 heavy (non-hydrogen) atoms. The lowest BCUT2D eigenvalue weighted by Crippen LogP contribution is -2.28. The molecule has 0 spiro atoms. The van der Waals surface area contributed by atoms with E-state index < -0.39 is 5.41 Å². The zero-order valence-corrected chi connectivity index (χ0v) is 33.3. The second kappa shape index (κ2) is 14.1. The summed E-state index contributed by atoms with van der Waals surface area (Å²) in [5, 5.41) is 7.15. The minimum Gasteiger partial charge on any atom is -0.228 e. The molecule has 0 unspecified atom stereocenters. The van der Waals surface area contributed by atoms with Crippen LogP contribution >= 0.6 is 0 Å². The molecule has 2 heteroatoms. The molecule has 1 heterocycles. The summed E-state index contributed by atoms with van der Waals surface area (Å²) in [5.74, 6) is 0.704. The lowest BCUT2D eigenvalue weighted by atomic mass is 9.66. The summed E-state index contributed by atoms with van der Waals surface area (Å²) in [5.41, 5.74) is 14.4. The molecule has 1 aliphatic carbocycles. The average molecular weight is 775 g/mol. The van der Waals surface area contributed by atoms with Crippen molar-refractivity contribution in [2.75, 3.05) is 0 Å². The molecule has 0 saturated carbocycles. The molecule has 0 radical (unpaired) electrons. The summed E-state index contributed by atoms with van der Waals surface area (Å²) in [4.78, 5) is 10.7. The fraction of sp³-hybridized carbons (Fsp3) is 0.0169. The molecule has 12 rings (SSSR count). The Morgan fingerprint density at radius 1 is 0.295 bits per heavy atom. The van der Waals surface area contributed by atoms with E-state index in [1.54, 1.807) is 0 Å². The SMILES string of the molecule is c1ccc(-c2cc(-c3cccc4ccccc34)nc(-c3ccc(-c4ccc5c(c4)C(c4ccccc4)(c4ccccc4)c4c-5ccc5ccccc45)c4ccccc34)n2)cc1. The summed E-state index contributed by atoms with van der Waals surface area (Å²) in [6.45, 7) is 0. The second-order valence-electron chi connectivity index (χ2n) is 16.0. The van der Waals surface area contributed by atoms with Gasteiger partial charge in [0.15, 0.2) is 5.82 Å². The van der Waals surface area contributed by atoms with Crippen molar-refractivity contribution in [1.29, 1.82) is 0 Å².